The van der Waals surface area contributed by atoms with Gasteiger partial charge in [-0.05, 0) is 49.4 Å². The maximum atomic E-state index is 13.6. The zero-order valence-corrected chi connectivity index (χ0v) is 21.7. The van der Waals surface area contributed by atoms with Gasteiger partial charge in [-0.1, -0.05) is 23.7 Å². The first-order valence-corrected chi connectivity index (χ1v) is 13.0. The number of hydrogen-bond acceptors (Lipinski definition) is 7. The van der Waals surface area contributed by atoms with Gasteiger partial charge >= 0.3 is 0 Å². The molecule has 1 unspecified atom stereocenters. The van der Waals surface area contributed by atoms with Crippen molar-refractivity contribution in [1.82, 2.24) is 4.90 Å². The summed E-state index contributed by atoms with van der Waals surface area (Å²) in [5.74, 6) is 1.05. The van der Waals surface area contributed by atoms with Crippen molar-refractivity contribution in [2.75, 3.05) is 39.1 Å². The lowest BCUT2D eigenvalue weighted by atomic mass is 10.0. The molecule has 36 heavy (non-hydrogen) atoms. The van der Waals surface area contributed by atoms with Crippen molar-refractivity contribution in [3.8, 4) is 34.4 Å². The van der Waals surface area contributed by atoms with Gasteiger partial charge in [-0.25, -0.2) is 8.42 Å². The molecule has 0 saturated carbocycles. The molecule has 3 aromatic rings. The molecule has 4 rings (SSSR count). The van der Waals surface area contributed by atoms with E-state index in [1.807, 2.05) is 7.05 Å². The van der Waals surface area contributed by atoms with Crippen LogP contribution in [0.3, 0.4) is 0 Å². The zero-order valence-electron chi connectivity index (χ0n) is 20.1. The molecular formula is C26H26ClN3O5S. The third-order valence-corrected chi connectivity index (χ3v) is 7.66. The summed E-state index contributed by atoms with van der Waals surface area (Å²) in [6, 6.07) is 16.5. The molecule has 0 spiro atoms. The van der Waals surface area contributed by atoms with E-state index in [9.17, 15) is 8.42 Å². The lowest BCUT2D eigenvalue weighted by molar-refractivity contribution is 0.208. The number of nitriles is 1. The van der Waals surface area contributed by atoms with E-state index in [0.29, 0.717) is 38.9 Å². The van der Waals surface area contributed by atoms with Crippen molar-refractivity contribution in [2.45, 2.75) is 17.4 Å². The summed E-state index contributed by atoms with van der Waals surface area (Å²) >= 11 is 6.33. The van der Waals surface area contributed by atoms with Crippen molar-refractivity contribution in [2.24, 2.45) is 0 Å². The molecule has 1 fully saturated rings. The Morgan fingerprint density at radius 3 is 2.33 bits per heavy atom. The molecule has 1 heterocycles. The van der Waals surface area contributed by atoms with Gasteiger partial charge in [-0.3, -0.25) is 4.72 Å². The summed E-state index contributed by atoms with van der Waals surface area (Å²) in [7, 11) is 0.843. The van der Waals surface area contributed by atoms with E-state index >= 15 is 0 Å². The van der Waals surface area contributed by atoms with E-state index in [-0.39, 0.29) is 16.7 Å². The average Bonchev–Trinajstić information content (AvgIpc) is 3.29. The number of ether oxygens (including phenoxy) is 3. The molecule has 0 radical (unpaired) electrons. The van der Waals surface area contributed by atoms with Crippen LogP contribution in [0.5, 0.6) is 17.2 Å². The maximum Gasteiger partial charge on any atom is 0.262 e. The minimum atomic E-state index is -4.09. The standard InChI is InChI=1S/C26H26ClN3O5S/c1-30-11-10-20(16-30)35-23-12-19(8-9-22(23)27)29-36(31,32)26-14-25(34-3)24(33-2)13-21(26)18-6-4-17(15-28)5-7-18/h4-9,12-14,20,29H,10-11,16H2,1-3H3. The topological polar surface area (TPSA) is 101 Å². The molecule has 0 aromatic heterocycles. The molecule has 0 bridgehead atoms. The molecule has 8 nitrogen and oxygen atoms in total. The van der Waals surface area contributed by atoms with Crippen LogP contribution in [-0.4, -0.2) is 53.8 Å². The molecule has 3 aromatic carbocycles. The summed E-state index contributed by atoms with van der Waals surface area (Å²) in [6.45, 7) is 1.69. The van der Waals surface area contributed by atoms with Gasteiger partial charge in [-0.15, -0.1) is 0 Å². The Bertz CT molecular complexity index is 1400. The Hall–Kier alpha value is -3.45. The maximum absolute atomic E-state index is 13.6. The number of halogens is 1. The molecule has 0 aliphatic carbocycles. The van der Waals surface area contributed by atoms with E-state index in [0.717, 1.165) is 19.5 Å². The quantitative estimate of drug-likeness (QED) is 0.450. The van der Waals surface area contributed by atoms with Crippen molar-refractivity contribution in [1.29, 1.82) is 5.26 Å². The van der Waals surface area contributed by atoms with Crippen LogP contribution in [0, 0.1) is 11.3 Å². The predicted octanol–water partition coefficient (Wildman–Crippen LogP) is 4.78. The number of likely N-dealkylation sites (N-methyl/N-ethyl adjacent to an activating group) is 1. The first-order valence-electron chi connectivity index (χ1n) is 11.2. The molecule has 1 aliphatic rings. The molecule has 188 valence electrons. The molecule has 1 N–H and O–H groups in total. The summed E-state index contributed by atoms with van der Waals surface area (Å²) in [5.41, 5.74) is 1.76. The largest absolute Gasteiger partial charge is 0.493 e. The van der Waals surface area contributed by atoms with Gasteiger partial charge in [0.2, 0.25) is 0 Å². The lowest BCUT2D eigenvalue weighted by Crippen LogP contribution is -2.21. The number of hydrogen-bond donors (Lipinski definition) is 1. The number of likely N-dealkylation sites (tertiary alicyclic amines) is 1. The highest BCUT2D eigenvalue weighted by Gasteiger charge is 2.25. The van der Waals surface area contributed by atoms with Crippen LogP contribution in [0.2, 0.25) is 5.02 Å². The van der Waals surface area contributed by atoms with Crippen LogP contribution in [0.25, 0.3) is 11.1 Å². The summed E-state index contributed by atoms with van der Waals surface area (Å²) in [4.78, 5) is 2.15. The predicted molar refractivity (Wildman–Crippen MR) is 138 cm³/mol. The first kappa shape index (κ1) is 25.6. The fourth-order valence-electron chi connectivity index (χ4n) is 4.07. The lowest BCUT2D eigenvalue weighted by Gasteiger charge is -2.18. The number of nitrogens with one attached hydrogen (secondary N) is 1. The molecule has 0 amide bonds. The highest BCUT2D eigenvalue weighted by atomic mass is 35.5. The molecule has 1 saturated heterocycles. The average molecular weight is 528 g/mol. The van der Waals surface area contributed by atoms with Gasteiger partial charge in [0.1, 0.15) is 11.9 Å². The fraction of sp³-hybridized carbons (Fsp3) is 0.269. The number of sulfonamides is 1. The number of nitrogens with zero attached hydrogens (tertiary/aromatic N) is 2. The summed E-state index contributed by atoms with van der Waals surface area (Å²) < 4.78 is 46.7. The van der Waals surface area contributed by atoms with Gasteiger partial charge in [-0.2, -0.15) is 5.26 Å². The van der Waals surface area contributed by atoms with Gasteiger partial charge in [0.25, 0.3) is 10.0 Å². The monoisotopic (exact) mass is 527 g/mol. The molecule has 1 aliphatic heterocycles. The SMILES string of the molecule is COc1cc(-c2ccc(C#N)cc2)c(S(=O)(=O)Nc2ccc(Cl)c(OC3CCN(C)C3)c2)cc1OC. The van der Waals surface area contributed by atoms with E-state index in [2.05, 4.69) is 15.7 Å². The van der Waals surface area contributed by atoms with Gasteiger partial charge < -0.3 is 19.1 Å². The van der Waals surface area contributed by atoms with Crippen LogP contribution < -0.4 is 18.9 Å². The van der Waals surface area contributed by atoms with Gasteiger partial charge in [0.15, 0.2) is 11.5 Å². The van der Waals surface area contributed by atoms with Crippen molar-refractivity contribution >= 4 is 27.3 Å². The third-order valence-electron chi connectivity index (χ3n) is 5.93. The van der Waals surface area contributed by atoms with Gasteiger partial charge in [0.05, 0.1) is 41.5 Å². The Morgan fingerprint density at radius 2 is 1.72 bits per heavy atom. The second kappa shape index (κ2) is 10.7. The Kier molecular flexibility index (Phi) is 7.59. The van der Waals surface area contributed by atoms with Crippen molar-refractivity contribution in [3.63, 3.8) is 0 Å². The molecule has 10 heteroatoms. The highest BCUT2D eigenvalue weighted by Crippen LogP contribution is 2.39. The van der Waals surface area contributed by atoms with Crippen molar-refractivity contribution < 1.29 is 22.6 Å². The molecular weight excluding hydrogens is 502 g/mol. The van der Waals surface area contributed by atoms with E-state index in [1.165, 1.54) is 20.3 Å². The Labute approximate surface area is 216 Å². The minimum Gasteiger partial charge on any atom is -0.493 e. The van der Waals surface area contributed by atoms with Crippen LogP contribution in [0.15, 0.2) is 59.5 Å². The number of rotatable bonds is 8. The fourth-order valence-corrected chi connectivity index (χ4v) is 5.51. The normalized spacial score (nSPS) is 15.8. The number of anilines is 1. The summed E-state index contributed by atoms with van der Waals surface area (Å²) in [6.07, 6.45) is 0.843. The van der Waals surface area contributed by atoms with E-state index < -0.39 is 10.0 Å². The van der Waals surface area contributed by atoms with Crippen LogP contribution in [-0.2, 0) is 10.0 Å². The Morgan fingerprint density at radius 1 is 1.03 bits per heavy atom. The van der Waals surface area contributed by atoms with Crippen LogP contribution >= 0.6 is 11.6 Å². The van der Waals surface area contributed by atoms with Crippen LogP contribution in [0.1, 0.15) is 12.0 Å². The number of methoxy groups -OCH3 is 2. The second-order valence-corrected chi connectivity index (χ2v) is 10.5. The minimum absolute atomic E-state index is 0.0142. The summed E-state index contributed by atoms with van der Waals surface area (Å²) in [5, 5.41) is 9.53. The van der Waals surface area contributed by atoms with Gasteiger partial charge in [0, 0.05) is 30.8 Å². The molecule has 1 atom stereocenters. The smallest absolute Gasteiger partial charge is 0.262 e. The first-order chi connectivity index (χ1) is 17.2. The van der Waals surface area contributed by atoms with E-state index in [1.54, 1.807) is 48.5 Å². The Balaban J connectivity index is 1.72. The second-order valence-electron chi connectivity index (χ2n) is 8.43. The van der Waals surface area contributed by atoms with Crippen LogP contribution in [0.4, 0.5) is 5.69 Å². The third kappa shape index (κ3) is 5.51. The van der Waals surface area contributed by atoms with E-state index in [4.69, 9.17) is 31.1 Å². The zero-order chi connectivity index (χ0) is 25.9. The number of benzene rings is 3. The van der Waals surface area contributed by atoms with Crippen molar-refractivity contribution in [3.05, 3.63) is 65.2 Å². The highest BCUT2D eigenvalue weighted by molar-refractivity contribution is 7.92.